The number of hydrogen-bond donors (Lipinski definition) is 0. The van der Waals surface area contributed by atoms with Gasteiger partial charge in [-0.3, -0.25) is 0 Å². The molecule has 9 aromatic rings. The monoisotopic (exact) mass is 878 g/mol. The highest BCUT2D eigenvalue weighted by molar-refractivity contribution is 5.96. The van der Waals surface area contributed by atoms with Gasteiger partial charge in [0.2, 0.25) is 0 Å². The fraction of sp³-hybridized carbons (Fsp3) is 0.125. The summed E-state index contributed by atoms with van der Waals surface area (Å²) in [6.45, 7) is 13.1. The summed E-state index contributed by atoms with van der Waals surface area (Å²) in [5.74, 6) is 0. The summed E-state index contributed by atoms with van der Waals surface area (Å²) in [5, 5.41) is 23.8. The van der Waals surface area contributed by atoms with Gasteiger partial charge in [0.05, 0.1) is 16.9 Å². The Morgan fingerprint density at radius 3 is 0.750 bits per heavy atom. The summed E-state index contributed by atoms with van der Waals surface area (Å²) < 4.78 is 0. The lowest BCUT2D eigenvalue weighted by Gasteiger charge is -2.40. The van der Waals surface area contributed by atoms with Gasteiger partial charge in [0.25, 0.3) is 0 Å². The Morgan fingerprint density at radius 1 is 0.279 bits per heavy atom. The summed E-state index contributed by atoms with van der Waals surface area (Å²) in [7, 11) is 0. The Kier molecular flexibility index (Phi) is 12.4. The van der Waals surface area contributed by atoms with E-state index in [-0.39, 0.29) is 0 Å². The zero-order chi connectivity index (χ0) is 47.4. The largest absolute Gasteiger partial charge is 0.309 e. The van der Waals surface area contributed by atoms with Gasteiger partial charge in [0, 0.05) is 22.7 Å². The maximum atomic E-state index is 12.0. The quantitative estimate of drug-likeness (QED) is 0.137. The van der Waals surface area contributed by atoms with E-state index < -0.39 is 10.8 Å². The molecule has 330 valence electrons. The highest BCUT2D eigenvalue weighted by Gasteiger charge is 2.39. The van der Waals surface area contributed by atoms with Crippen molar-refractivity contribution in [2.24, 2.45) is 0 Å². The van der Waals surface area contributed by atoms with E-state index in [9.17, 15) is 10.5 Å². The van der Waals surface area contributed by atoms with Gasteiger partial charge in [-0.2, -0.15) is 10.5 Å². The molecule has 0 aromatic heterocycles. The molecule has 0 unspecified atom stereocenters. The van der Waals surface area contributed by atoms with E-state index in [2.05, 4.69) is 233 Å². The fourth-order valence-electron chi connectivity index (χ4n) is 9.41. The molecule has 0 aliphatic rings. The van der Waals surface area contributed by atoms with Crippen molar-refractivity contribution < 1.29 is 0 Å². The predicted molar refractivity (Wildman–Crippen MR) is 284 cm³/mol. The van der Waals surface area contributed by atoms with Crippen molar-refractivity contribution in [3.63, 3.8) is 0 Å². The highest BCUT2D eigenvalue weighted by atomic mass is 15.2. The maximum absolute atomic E-state index is 12.0. The molecule has 0 fully saturated rings. The molecule has 9 aromatic carbocycles. The van der Waals surface area contributed by atoms with Crippen LogP contribution in [0.5, 0.6) is 0 Å². The van der Waals surface area contributed by atoms with Gasteiger partial charge in [-0.05, 0) is 115 Å². The lowest BCUT2D eigenvalue weighted by molar-refractivity contribution is 0.529. The van der Waals surface area contributed by atoms with E-state index in [4.69, 9.17) is 0 Å². The number of nitrogens with zero attached hydrogens (tertiary/aromatic N) is 4. The van der Waals surface area contributed by atoms with Gasteiger partial charge in [-0.1, -0.05) is 211 Å². The first-order valence-corrected chi connectivity index (χ1v) is 23.2. The van der Waals surface area contributed by atoms with E-state index in [1.807, 2.05) is 48.5 Å². The van der Waals surface area contributed by atoms with Gasteiger partial charge in [-0.15, -0.1) is 0 Å². The van der Waals surface area contributed by atoms with Crippen LogP contribution in [-0.2, 0) is 10.8 Å². The predicted octanol–water partition coefficient (Wildman–Crippen LogP) is 17.6. The van der Waals surface area contributed by atoms with Crippen LogP contribution in [0.3, 0.4) is 0 Å². The van der Waals surface area contributed by atoms with E-state index >= 15 is 0 Å². The summed E-state index contributed by atoms with van der Waals surface area (Å²) in [4.78, 5) is 4.37. The molecule has 0 bridgehead atoms. The lowest BCUT2D eigenvalue weighted by Crippen LogP contribution is -2.30. The summed E-state index contributed by atoms with van der Waals surface area (Å²) in [6.07, 6.45) is 0. The van der Waals surface area contributed by atoms with Crippen LogP contribution >= 0.6 is 0 Å². The molecule has 0 amide bonds. The molecule has 0 atom stereocenters. The molecule has 0 saturated carbocycles. The highest BCUT2D eigenvalue weighted by Crippen LogP contribution is 2.54. The second-order valence-corrected chi connectivity index (χ2v) is 19.2. The fourth-order valence-corrected chi connectivity index (χ4v) is 9.41. The number of hydrogen-bond acceptors (Lipinski definition) is 4. The zero-order valence-corrected chi connectivity index (χ0v) is 39.6. The van der Waals surface area contributed by atoms with Crippen LogP contribution in [0.2, 0.25) is 0 Å². The van der Waals surface area contributed by atoms with Crippen molar-refractivity contribution in [2.75, 3.05) is 9.80 Å². The standard InChI is InChI=1S/C64H54N4/c1-63(2,3)59-57(43-65)61(67(53-35-27-49(28-36-53)45-19-11-7-12-20-45)54-37-29-50(30-38-54)46-21-13-8-14-22-46)58(44-66)62(60(59)64(4,5)6)68(55-39-31-51(32-40-55)47-23-15-9-16-24-47)56-41-33-52(34-42-56)48-25-17-10-18-26-48/h7-42H,1-6H3. The van der Waals surface area contributed by atoms with Crippen molar-refractivity contribution in [3.8, 4) is 56.6 Å². The molecule has 68 heavy (non-hydrogen) atoms. The van der Waals surface area contributed by atoms with Crippen LogP contribution < -0.4 is 9.80 Å². The van der Waals surface area contributed by atoms with Crippen LogP contribution in [0.1, 0.15) is 63.8 Å². The average molecular weight is 879 g/mol. The Balaban J connectivity index is 1.37. The number of rotatable bonds is 10. The van der Waals surface area contributed by atoms with Gasteiger partial charge < -0.3 is 9.80 Å². The van der Waals surface area contributed by atoms with Crippen molar-refractivity contribution in [1.29, 1.82) is 10.5 Å². The van der Waals surface area contributed by atoms with Crippen LogP contribution in [-0.4, -0.2) is 0 Å². The molecular weight excluding hydrogens is 825 g/mol. The summed E-state index contributed by atoms with van der Waals surface area (Å²) in [5.41, 5.74) is 15.1. The average Bonchev–Trinajstić information content (AvgIpc) is 3.37. The molecule has 0 aliphatic carbocycles. The minimum atomic E-state index is -0.537. The molecule has 0 heterocycles. The number of nitriles is 2. The van der Waals surface area contributed by atoms with Crippen molar-refractivity contribution in [1.82, 2.24) is 0 Å². The molecule has 9 rings (SSSR count). The Labute approximate surface area is 402 Å². The third-order valence-electron chi connectivity index (χ3n) is 12.5. The minimum Gasteiger partial charge on any atom is -0.309 e. The van der Waals surface area contributed by atoms with Gasteiger partial charge in [0.1, 0.15) is 17.7 Å². The summed E-state index contributed by atoms with van der Waals surface area (Å²) in [6, 6.07) is 81.1. The molecule has 4 heteroatoms. The van der Waals surface area contributed by atoms with Crippen molar-refractivity contribution in [3.05, 3.63) is 241 Å². The van der Waals surface area contributed by atoms with Crippen LogP contribution in [0, 0.1) is 22.7 Å². The van der Waals surface area contributed by atoms with E-state index in [1.165, 1.54) is 0 Å². The SMILES string of the molecule is CC(C)(C)c1c(C#N)c(N(c2ccc(-c3ccccc3)cc2)c2ccc(-c3ccccc3)cc2)c(C#N)c(N(c2ccc(-c3ccccc3)cc2)c2ccc(-c3ccccc3)cc2)c1C(C)(C)C. The molecule has 0 spiro atoms. The summed E-state index contributed by atoms with van der Waals surface area (Å²) >= 11 is 0. The molecule has 0 saturated heterocycles. The molecule has 0 radical (unpaired) electrons. The molecular formula is C64H54N4. The van der Waals surface area contributed by atoms with Crippen LogP contribution in [0.15, 0.2) is 218 Å². The third-order valence-corrected chi connectivity index (χ3v) is 12.5. The Hall–Kier alpha value is -8.44. The van der Waals surface area contributed by atoms with Gasteiger partial charge in [0.15, 0.2) is 0 Å². The van der Waals surface area contributed by atoms with Gasteiger partial charge >= 0.3 is 0 Å². The first-order valence-electron chi connectivity index (χ1n) is 23.2. The minimum absolute atomic E-state index is 0.401. The van der Waals surface area contributed by atoms with Crippen LogP contribution in [0.4, 0.5) is 34.1 Å². The number of anilines is 6. The first-order chi connectivity index (χ1) is 32.9. The first kappa shape index (κ1) is 44.7. The van der Waals surface area contributed by atoms with Crippen molar-refractivity contribution >= 4 is 34.1 Å². The van der Waals surface area contributed by atoms with Crippen LogP contribution in [0.25, 0.3) is 44.5 Å². The van der Waals surface area contributed by atoms with Crippen molar-refractivity contribution in [2.45, 2.75) is 52.4 Å². The molecule has 0 N–H and O–H groups in total. The van der Waals surface area contributed by atoms with E-state index in [0.717, 1.165) is 84.1 Å². The lowest BCUT2D eigenvalue weighted by atomic mass is 9.70. The van der Waals surface area contributed by atoms with E-state index in [1.54, 1.807) is 0 Å². The maximum Gasteiger partial charge on any atom is 0.104 e. The van der Waals surface area contributed by atoms with E-state index in [0.29, 0.717) is 16.8 Å². The zero-order valence-electron chi connectivity index (χ0n) is 39.6. The third kappa shape index (κ3) is 8.93. The second-order valence-electron chi connectivity index (χ2n) is 19.2. The smallest absolute Gasteiger partial charge is 0.104 e. The Bertz CT molecular complexity index is 3080. The number of benzene rings is 9. The van der Waals surface area contributed by atoms with Gasteiger partial charge in [-0.25, -0.2) is 0 Å². The Morgan fingerprint density at radius 2 is 0.515 bits per heavy atom. The topological polar surface area (TPSA) is 54.1 Å². The normalized spacial score (nSPS) is 11.4. The molecule has 4 nitrogen and oxygen atoms in total. The second kappa shape index (κ2) is 18.8. The molecule has 0 aliphatic heterocycles.